The van der Waals surface area contributed by atoms with Crippen molar-refractivity contribution in [2.45, 2.75) is 6.42 Å². The number of anilines is 1. The van der Waals surface area contributed by atoms with Crippen LogP contribution in [0.15, 0.2) is 30.3 Å². The van der Waals surface area contributed by atoms with E-state index in [0.29, 0.717) is 6.42 Å². The van der Waals surface area contributed by atoms with E-state index in [4.69, 9.17) is 5.26 Å². The monoisotopic (exact) mass is 211 g/mol. The molecule has 0 spiro atoms. The first-order chi connectivity index (χ1) is 7.72. The van der Waals surface area contributed by atoms with Crippen molar-refractivity contribution in [1.29, 1.82) is 5.26 Å². The molecule has 0 aliphatic rings. The van der Waals surface area contributed by atoms with Gasteiger partial charge in [0.1, 0.15) is 0 Å². The number of hydrogen-bond acceptors (Lipinski definition) is 3. The van der Waals surface area contributed by atoms with E-state index in [2.05, 4.69) is 11.1 Å². The zero-order chi connectivity index (χ0) is 11.5. The summed E-state index contributed by atoms with van der Waals surface area (Å²) in [5.41, 5.74) is 2.87. The van der Waals surface area contributed by atoms with E-state index in [1.165, 1.54) is 0 Å². The molecule has 1 aromatic carbocycles. The first-order valence-electron chi connectivity index (χ1n) is 5.15. The van der Waals surface area contributed by atoms with Crippen LogP contribution in [0.4, 0.5) is 5.69 Å². The lowest BCUT2D eigenvalue weighted by Crippen LogP contribution is -2.10. The van der Waals surface area contributed by atoms with Crippen molar-refractivity contribution in [3.63, 3.8) is 0 Å². The fourth-order valence-electron chi connectivity index (χ4n) is 1.75. The van der Waals surface area contributed by atoms with E-state index < -0.39 is 0 Å². The first kappa shape index (κ1) is 10.4. The Hall–Kier alpha value is -2.08. The van der Waals surface area contributed by atoms with Crippen molar-refractivity contribution >= 4 is 16.6 Å². The molecule has 80 valence electrons. The van der Waals surface area contributed by atoms with E-state index >= 15 is 0 Å². The Balaban J connectivity index is 2.69. The molecule has 2 rings (SSSR count). The second kappa shape index (κ2) is 4.19. The van der Waals surface area contributed by atoms with Crippen LogP contribution in [0.25, 0.3) is 10.9 Å². The minimum absolute atomic E-state index is 0.353. The predicted molar refractivity (Wildman–Crippen MR) is 65.4 cm³/mol. The molecule has 0 fully saturated rings. The van der Waals surface area contributed by atoms with Crippen molar-refractivity contribution in [3.8, 4) is 6.07 Å². The van der Waals surface area contributed by atoms with Crippen LogP contribution in [0.1, 0.15) is 5.69 Å². The summed E-state index contributed by atoms with van der Waals surface area (Å²) < 4.78 is 0. The number of nitriles is 1. The summed E-state index contributed by atoms with van der Waals surface area (Å²) in [4.78, 5) is 6.51. The Kier molecular flexibility index (Phi) is 2.74. The minimum Gasteiger partial charge on any atom is -0.377 e. The smallest absolute Gasteiger partial charge is 0.0775 e. The van der Waals surface area contributed by atoms with E-state index in [1.54, 1.807) is 0 Å². The highest BCUT2D eigenvalue weighted by Gasteiger charge is 2.06. The molecule has 0 N–H and O–H groups in total. The molecule has 0 saturated heterocycles. The van der Waals surface area contributed by atoms with Crippen LogP contribution >= 0.6 is 0 Å². The molecule has 3 heteroatoms. The average molecular weight is 211 g/mol. The van der Waals surface area contributed by atoms with Gasteiger partial charge in [-0.25, -0.2) is 0 Å². The Morgan fingerprint density at radius 3 is 2.75 bits per heavy atom. The number of rotatable bonds is 2. The molecule has 0 atom stereocenters. The maximum atomic E-state index is 8.72. The van der Waals surface area contributed by atoms with Crippen molar-refractivity contribution in [3.05, 3.63) is 36.0 Å². The number of aromatic nitrogens is 1. The Morgan fingerprint density at radius 1 is 1.31 bits per heavy atom. The van der Waals surface area contributed by atoms with Gasteiger partial charge in [-0.3, -0.25) is 4.98 Å². The summed E-state index contributed by atoms with van der Waals surface area (Å²) in [7, 11) is 4.00. The molecule has 3 nitrogen and oxygen atoms in total. The lowest BCUT2D eigenvalue weighted by molar-refractivity contribution is 1.10. The molecule has 0 amide bonds. The second-order valence-electron chi connectivity index (χ2n) is 3.88. The lowest BCUT2D eigenvalue weighted by atomic mass is 10.1. The van der Waals surface area contributed by atoms with Gasteiger partial charge in [0.25, 0.3) is 0 Å². The first-order valence-corrected chi connectivity index (χ1v) is 5.15. The van der Waals surface area contributed by atoms with E-state index in [0.717, 1.165) is 22.3 Å². The number of para-hydroxylation sites is 1. The molecule has 0 aliphatic carbocycles. The highest BCUT2D eigenvalue weighted by atomic mass is 15.1. The maximum absolute atomic E-state index is 8.72. The van der Waals surface area contributed by atoms with Crippen LogP contribution < -0.4 is 4.90 Å². The van der Waals surface area contributed by atoms with Crippen LogP contribution in [0.5, 0.6) is 0 Å². The maximum Gasteiger partial charge on any atom is 0.0775 e. The molecule has 0 aliphatic heterocycles. The van der Waals surface area contributed by atoms with Gasteiger partial charge >= 0.3 is 0 Å². The molecule has 0 saturated carbocycles. The van der Waals surface area contributed by atoms with Crippen molar-refractivity contribution in [2.75, 3.05) is 19.0 Å². The Morgan fingerprint density at radius 2 is 2.06 bits per heavy atom. The van der Waals surface area contributed by atoms with Gasteiger partial charge in [-0.2, -0.15) is 5.26 Å². The van der Waals surface area contributed by atoms with Crippen LogP contribution in [0.3, 0.4) is 0 Å². The average Bonchev–Trinajstić information content (AvgIpc) is 2.28. The SMILES string of the molecule is CN(C)c1cc(CC#N)nc2ccccc12. The summed E-state index contributed by atoms with van der Waals surface area (Å²) in [5.74, 6) is 0. The highest BCUT2D eigenvalue weighted by molar-refractivity contribution is 5.91. The van der Waals surface area contributed by atoms with E-state index in [9.17, 15) is 0 Å². The van der Waals surface area contributed by atoms with Crippen molar-refractivity contribution in [1.82, 2.24) is 4.98 Å². The summed E-state index contributed by atoms with van der Waals surface area (Å²) in [5, 5.41) is 9.84. The second-order valence-corrected chi connectivity index (χ2v) is 3.88. The standard InChI is InChI=1S/C13H13N3/c1-16(2)13-9-10(7-8-14)15-12-6-4-3-5-11(12)13/h3-6,9H,7H2,1-2H3. The number of benzene rings is 1. The van der Waals surface area contributed by atoms with Gasteiger partial charge in [0.05, 0.1) is 23.7 Å². The fourth-order valence-corrected chi connectivity index (χ4v) is 1.75. The van der Waals surface area contributed by atoms with Crippen LogP contribution in [-0.2, 0) is 6.42 Å². The molecular formula is C13H13N3. The normalized spacial score (nSPS) is 10.1. The zero-order valence-corrected chi connectivity index (χ0v) is 9.44. The molecule has 0 radical (unpaired) electrons. The largest absolute Gasteiger partial charge is 0.377 e. The van der Waals surface area contributed by atoms with Gasteiger partial charge in [-0.15, -0.1) is 0 Å². The predicted octanol–water partition coefficient (Wildman–Crippen LogP) is 2.37. The van der Waals surface area contributed by atoms with Gasteiger partial charge in [0, 0.05) is 25.2 Å². The quantitative estimate of drug-likeness (QED) is 0.765. The summed E-state index contributed by atoms with van der Waals surface area (Å²) in [6.45, 7) is 0. The van der Waals surface area contributed by atoms with E-state index in [1.807, 2.05) is 49.3 Å². The van der Waals surface area contributed by atoms with Gasteiger partial charge in [0.2, 0.25) is 0 Å². The Bertz CT molecular complexity index is 553. The summed E-state index contributed by atoms with van der Waals surface area (Å²) >= 11 is 0. The number of hydrogen-bond donors (Lipinski definition) is 0. The van der Waals surface area contributed by atoms with Crippen molar-refractivity contribution < 1.29 is 0 Å². The van der Waals surface area contributed by atoms with Gasteiger partial charge < -0.3 is 4.90 Å². The van der Waals surface area contributed by atoms with Crippen LogP contribution in [-0.4, -0.2) is 19.1 Å². The van der Waals surface area contributed by atoms with Gasteiger partial charge in [-0.05, 0) is 12.1 Å². The summed E-state index contributed by atoms with van der Waals surface area (Å²) in [6.07, 6.45) is 0.353. The summed E-state index contributed by atoms with van der Waals surface area (Å²) in [6, 6.07) is 12.1. The molecule has 1 heterocycles. The van der Waals surface area contributed by atoms with E-state index in [-0.39, 0.29) is 0 Å². The Labute approximate surface area is 94.9 Å². The molecule has 2 aromatic rings. The third-order valence-corrected chi connectivity index (χ3v) is 2.49. The van der Waals surface area contributed by atoms with Crippen molar-refractivity contribution in [2.24, 2.45) is 0 Å². The molecule has 0 unspecified atom stereocenters. The lowest BCUT2D eigenvalue weighted by Gasteiger charge is -2.16. The number of pyridine rings is 1. The van der Waals surface area contributed by atoms with Crippen LogP contribution in [0.2, 0.25) is 0 Å². The third kappa shape index (κ3) is 1.82. The third-order valence-electron chi connectivity index (χ3n) is 2.49. The molecule has 16 heavy (non-hydrogen) atoms. The molecule has 0 bridgehead atoms. The number of nitrogens with zero attached hydrogens (tertiary/aromatic N) is 3. The van der Waals surface area contributed by atoms with Crippen LogP contribution in [0, 0.1) is 11.3 Å². The topological polar surface area (TPSA) is 39.9 Å². The fraction of sp³-hybridized carbons (Fsp3) is 0.231. The van der Waals surface area contributed by atoms with Gasteiger partial charge in [0.15, 0.2) is 0 Å². The minimum atomic E-state index is 0.353. The molecular weight excluding hydrogens is 198 g/mol. The highest BCUT2D eigenvalue weighted by Crippen LogP contribution is 2.25. The number of fused-ring (bicyclic) bond motifs is 1. The molecule has 1 aromatic heterocycles. The zero-order valence-electron chi connectivity index (χ0n) is 9.44. The van der Waals surface area contributed by atoms with Gasteiger partial charge in [-0.1, -0.05) is 18.2 Å².